The zero-order valence-corrected chi connectivity index (χ0v) is 12.7. The third kappa shape index (κ3) is 2.68. The van der Waals surface area contributed by atoms with Crippen molar-refractivity contribution in [3.05, 3.63) is 72.8 Å². The van der Waals surface area contributed by atoms with Gasteiger partial charge in [0.1, 0.15) is 0 Å². The first-order chi connectivity index (χ1) is 10.8. The van der Waals surface area contributed by atoms with Gasteiger partial charge in [0.25, 0.3) is 0 Å². The Morgan fingerprint density at radius 1 is 0.545 bits per heavy atom. The molecule has 2 heteroatoms. The van der Waals surface area contributed by atoms with Gasteiger partial charge in [0, 0.05) is 0 Å². The van der Waals surface area contributed by atoms with Crippen LogP contribution in [0.15, 0.2) is 72.8 Å². The summed E-state index contributed by atoms with van der Waals surface area (Å²) in [6, 6.07) is 24.7. The highest BCUT2D eigenvalue weighted by Gasteiger charge is 2.13. The third-order valence-corrected chi connectivity index (χ3v) is 3.69. The van der Waals surface area contributed by atoms with Crippen LogP contribution in [0.3, 0.4) is 0 Å². The van der Waals surface area contributed by atoms with E-state index in [1.54, 1.807) is 14.2 Å². The van der Waals surface area contributed by atoms with Crippen LogP contribution < -0.4 is 9.47 Å². The summed E-state index contributed by atoms with van der Waals surface area (Å²) in [6.45, 7) is 0. The van der Waals surface area contributed by atoms with E-state index in [0.717, 1.165) is 33.8 Å². The van der Waals surface area contributed by atoms with Crippen LogP contribution in [0.25, 0.3) is 22.3 Å². The van der Waals surface area contributed by atoms with E-state index in [9.17, 15) is 0 Å². The van der Waals surface area contributed by atoms with Crippen LogP contribution in [-0.4, -0.2) is 14.2 Å². The lowest BCUT2D eigenvalue weighted by atomic mass is 9.94. The lowest BCUT2D eigenvalue weighted by Gasteiger charge is -2.15. The molecule has 0 spiro atoms. The third-order valence-electron chi connectivity index (χ3n) is 3.69. The Morgan fingerprint density at radius 2 is 0.909 bits per heavy atom. The Morgan fingerprint density at radius 3 is 1.23 bits per heavy atom. The molecule has 3 aromatic carbocycles. The molecule has 0 aliphatic carbocycles. The van der Waals surface area contributed by atoms with E-state index < -0.39 is 0 Å². The van der Waals surface area contributed by atoms with Crippen LogP contribution in [0.1, 0.15) is 0 Å². The fourth-order valence-corrected chi connectivity index (χ4v) is 2.59. The Bertz CT molecular complexity index is 683. The summed E-state index contributed by atoms with van der Waals surface area (Å²) in [5, 5.41) is 0. The first-order valence-electron chi connectivity index (χ1n) is 7.20. The largest absolute Gasteiger partial charge is 0.493 e. The number of hydrogen-bond donors (Lipinski definition) is 0. The normalized spacial score (nSPS) is 10.3. The molecule has 0 saturated carbocycles. The van der Waals surface area contributed by atoms with Crippen molar-refractivity contribution in [2.24, 2.45) is 0 Å². The molecular formula is C20H18O2. The van der Waals surface area contributed by atoms with Crippen LogP contribution in [0.4, 0.5) is 0 Å². The van der Waals surface area contributed by atoms with E-state index in [1.807, 2.05) is 48.5 Å². The smallest absolute Gasteiger partial charge is 0.161 e. The predicted octanol–water partition coefficient (Wildman–Crippen LogP) is 5.04. The molecule has 2 nitrogen and oxygen atoms in total. The molecule has 0 heterocycles. The Balaban J connectivity index is 2.26. The highest BCUT2D eigenvalue weighted by Crippen LogP contribution is 2.40. The van der Waals surface area contributed by atoms with Gasteiger partial charge >= 0.3 is 0 Å². The minimum Gasteiger partial charge on any atom is -0.493 e. The van der Waals surface area contributed by atoms with Crippen molar-refractivity contribution in [1.29, 1.82) is 0 Å². The lowest BCUT2D eigenvalue weighted by molar-refractivity contribution is 0.355. The zero-order chi connectivity index (χ0) is 15.4. The Kier molecular flexibility index (Phi) is 4.10. The van der Waals surface area contributed by atoms with Gasteiger partial charge in [-0.15, -0.1) is 0 Å². The maximum absolute atomic E-state index is 5.46. The fourth-order valence-electron chi connectivity index (χ4n) is 2.59. The van der Waals surface area contributed by atoms with E-state index in [1.165, 1.54) is 0 Å². The van der Waals surface area contributed by atoms with Crippen LogP contribution in [0, 0.1) is 0 Å². The van der Waals surface area contributed by atoms with E-state index in [2.05, 4.69) is 24.3 Å². The second kappa shape index (κ2) is 6.35. The molecule has 0 N–H and O–H groups in total. The second-order valence-corrected chi connectivity index (χ2v) is 4.98. The molecule has 0 unspecified atom stereocenters. The maximum Gasteiger partial charge on any atom is 0.161 e. The van der Waals surface area contributed by atoms with Crippen molar-refractivity contribution in [1.82, 2.24) is 0 Å². The molecule has 0 saturated heterocycles. The monoisotopic (exact) mass is 290 g/mol. The summed E-state index contributed by atoms with van der Waals surface area (Å²) < 4.78 is 10.9. The van der Waals surface area contributed by atoms with Gasteiger partial charge in [-0.05, 0) is 34.4 Å². The number of hydrogen-bond acceptors (Lipinski definition) is 2. The second-order valence-electron chi connectivity index (χ2n) is 4.98. The number of ether oxygens (including phenoxy) is 2. The SMILES string of the molecule is COc1cc(-c2ccccc2)c(-c2ccccc2)cc1OC. The molecule has 0 aliphatic rings. The van der Waals surface area contributed by atoms with Crippen molar-refractivity contribution in [2.45, 2.75) is 0 Å². The summed E-state index contributed by atoms with van der Waals surface area (Å²) in [5.74, 6) is 1.47. The Hall–Kier alpha value is -2.74. The zero-order valence-electron chi connectivity index (χ0n) is 12.7. The fraction of sp³-hybridized carbons (Fsp3) is 0.100. The van der Waals surface area contributed by atoms with Gasteiger partial charge in [-0.3, -0.25) is 0 Å². The summed E-state index contributed by atoms with van der Waals surface area (Å²) >= 11 is 0. The molecule has 0 radical (unpaired) electrons. The van der Waals surface area contributed by atoms with Crippen LogP contribution in [-0.2, 0) is 0 Å². The molecule has 0 aliphatic heterocycles. The quantitative estimate of drug-likeness (QED) is 0.670. The van der Waals surface area contributed by atoms with E-state index in [0.29, 0.717) is 0 Å². The molecular weight excluding hydrogens is 272 g/mol. The first kappa shape index (κ1) is 14.2. The standard InChI is InChI=1S/C20H18O2/c1-21-19-13-17(15-9-5-3-6-10-15)18(14-20(19)22-2)16-11-7-4-8-12-16/h3-14H,1-2H3. The van der Waals surface area contributed by atoms with Gasteiger partial charge in [-0.2, -0.15) is 0 Å². The van der Waals surface area contributed by atoms with Gasteiger partial charge in [0.15, 0.2) is 11.5 Å². The average Bonchev–Trinajstić information content (AvgIpc) is 2.62. The molecule has 3 rings (SSSR count). The lowest BCUT2D eigenvalue weighted by Crippen LogP contribution is -1.94. The molecule has 0 bridgehead atoms. The summed E-state index contributed by atoms with van der Waals surface area (Å²) in [4.78, 5) is 0. The maximum atomic E-state index is 5.46. The van der Waals surface area contributed by atoms with Gasteiger partial charge in [0.2, 0.25) is 0 Å². The molecule has 0 amide bonds. The topological polar surface area (TPSA) is 18.5 Å². The summed E-state index contributed by atoms with van der Waals surface area (Å²) in [6.07, 6.45) is 0. The number of benzene rings is 3. The molecule has 22 heavy (non-hydrogen) atoms. The molecule has 0 fully saturated rings. The average molecular weight is 290 g/mol. The highest BCUT2D eigenvalue weighted by molar-refractivity contribution is 5.86. The van der Waals surface area contributed by atoms with E-state index >= 15 is 0 Å². The van der Waals surface area contributed by atoms with Crippen molar-refractivity contribution < 1.29 is 9.47 Å². The highest BCUT2D eigenvalue weighted by atomic mass is 16.5. The predicted molar refractivity (Wildman–Crippen MR) is 90.4 cm³/mol. The van der Waals surface area contributed by atoms with Gasteiger partial charge < -0.3 is 9.47 Å². The van der Waals surface area contributed by atoms with Crippen molar-refractivity contribution in [3.8, 4) is 33.8 Å². The summed E-state index contributed by atoms with van der Waals surface area (Å²) in [7, 11) is 3.32. The minimum absolute atomic E-state index is 0.737. The van der Waals surface area contributed by atoms with Crippen LogP contribution >= 0.6 is 0 Å². The van der Waals surface area contributed by atoms with E-state index in [4.69, 9.17) is 9.47 Å². The summed E-state index contributed by atoms with van der Waals surface area (Å²) in [5.41, 5.74) is 4.57. The van der Waals surface area contributed by atoms with Gasteiger partial charge in [-0.1, -0.05) is 60.7 Å². The van der Waals surface area contributed by atoms with E-state index in [-0.39, 0.29) is 0 Å². The number of rotatable bonds is 4. The molecule has 110 valence electrons. The molecule has 0 aromatic heterocycles. The first-order valence-corrected chi connectivity index (χ1v) is 7.20. The molecule has 0 atom stereocenters. The van der Waals surface area contributed by atoms with Crippen molar-refractivity contribution in [2.75, 3.05) is 14.2 Å². The van der Waals surface area contributed by atoms with Gasteiger partial charge in [0.05, 0.1) is 14.2 Å². The van der Waals surface area contributed by atoms with Crippen molar-refractivity contribution >= 4 is 0 Å². The Labute approximate surface area is 131 Å². The molecule has 3 aromatic rings. The van der Waals surface area contributed by atoms with Crippen LogP contribution in [0.2, 0.25) is 0 Å². The number of methoxy groups -OCH3 is 2. The van der Waals surface area contributed by atoms with Gasteiger partial charge in [-0.25, -0.2) is 0 Å². The van der Waals surface area contributed by atoms with Crippen molar-refractivity contribution in [3.63, 3.8) is 0 Å². The minimum atomic E-state index is 0.737. The van der Waals surface area contributed by atoms with Crippen LogP contribution in [0.5, 0.6) is 11.5 Å².